The minimum atomic E-state index is 0. The van der Waals surface area contributed by atoms with Gasteiger partial charge >= 0.3 is 0 Å². The molecule has 2 rings (SSSR count). The first-order chi connectivity index (χ1) is 10.8. The Morgan fingerprint density at radius 3 is 2.91 bits per heavy atom. The van der Waals surface area contributed by atoms with Gasteiger partial charge in [0.1, 0.15) is 0 Å². The number of ether oxygens (including phenoxy) is 2. The predicted octanol–water partition coefficient (Wildman–Crippen LogP) is 2.19. The van der Waals surface area contributed by atoms with Gasteiger partial charge < -0.3 is 20.1 Å². The van der Waals surface area contributed by atoms with E-state index >= 15 is 0 Å². The molecule has 0 atom stereocenters. The number of hydrogen-bond donors (Lipinski definition) is 2. The van der Waals surface area contributed by atoms with Gasteiger partial charge in [0, 0.05) is 45.1 Å². The molecule has 1 aromatic rings. The van der Waals surface area contributed by atoms with Gasteiger partial charge in [-0.1, -0.05) is 6.07 Å². The number of nitrogens with one attached hydrogen (secondary N) is 2. The highest BCUT2D eigenvalue weighted by Gasteiger charge is 2.20. The van der Waals surface area contributed by atoms with Crippen LogP contribution in [0.1, 0.15) is 24.8 Å². The number of pyridine rings is 1. The number of aromatic nitrogens is 1. The van der Waals surface area contributed by atoms with Crippen molar-refractivity contribution in [2.24, 2.45) is 10.9 Å². The van der Waals surface area contributed by atoms with Gasteiger partial charge in [-0.3, -0.25) is 4.99 Å². The summed E-state index contributed by atoms with van der Waals surface area (Å²) in [4.78, 5) is 8.38. The summed E-state index contributed by atoms with van der Waals surface area (Å²) in [6.45, 7) is 3.19. The van der Waals surface area contributed by atoms with E-state index in [1.165, 1.54) is 12.8 Å². The molecule has 2 N–H and O–H groups in total. The lowest BCUT2D eigenvalue weighted by Gasteiger charge is -2.13. The lowest BCUT2D eigenvalue weighted by Crippen LogP contribution is -2.37. The molecule has 0 saturated heterocycles. The summed E-state index contributed by atoms with van der Waals surface area (Å²) in [6.07, 6.45) is 5.37. The third kappa shape index (κ3) is 7.83. The van der Waals surface area contributed by atoms with Gasteiger partial charge in [-0.25, -0.2) is 4.98 Å². The molecule has 7 heteroatoms. The minimum Gasteiger partial charge on any atom is -0.481 e. The fourth-order valence-corrected chi connectivity index (χ4v) is 2.06. The Bertz CT molecular complexity index is 481. The Morgan fingerprint density at radius 1 is 1.39 bits per heavy atom. The van der Waals surface area contributed by atoms with E-state index < -0.39 is 0 Å². The number of rotatable bonds is 9. The quantitative estimate of drug-likeness (QED) is 0.270. The van der Waals surface area contributed by atoms with Crippen LogP contribution in [-0.2, 0) is 11.3 Å². The van der Waals surface area contributed by atoms with Crippen LogP contribution in [0.2, 0.25) is 0 Å². The summed E-state index contributed by atoms with van der Waals surface area (Å²) in [5.41, 5.74) is 1.00. The second-order valence-electron chi connectivity index (χ2n) is 5.40. The molecule has 1 aromatic heterocycles. The molecule has 23 heavy (non-hydrogen) atoms. The summed E-state index contributed by atoms with van der Waals surface area (Å²) < 4.78 is 10.8. The van der Waals surface area contributed by atoms with Crippen LogP contribution in [0.3, 0.4) is 0 Å². The summed E-state index contributed by atoms with van der Waals surface area (Å²) in [5.74, 6) is 2.24. The van der Waals surface area contributed by atoms with E-state index in [4.69, 9.17) is 9.47 Å². The molecule has 0 unspecified atom stereocenters. The van der Waals surface area contributed by atoms with E-state index in [-0.39, 0.29) is 24.0 Å². The van der Waals surface area contributed by atoms with Crippen molar-refractivity contribution < 1.29 is 9.47 Å². The number of hydrogen-bond acceptors (Lipinski definition) is 4. The van der Waals surface area contributed by atoms with E-state index in [9.17, 15) is 0 Å². The molecule has 0 aliphatic heterocycles. The molecule has 1 aliphatic carbocycles. The van der Waals surface area contributed by atoms with Crippen molar-refractivity contribution in [2.75, 3.05) is 33.9 Å². The molecule has 130 valence electrons. The van der Waals surface area contributed by atoms with Crippen molar-refractivity contribution in [3.8, 4) is 5.88 Å². The molecule has 0 spiro atoms. The average molecular weight is 434 g/mol. The smallest absolute Gasteiger partial charge is 0.218 e. The Morgan fingerprint density at radius 2 is 2.22 bits per heavy atom. The average Bonchev–Trinajstić information content (AvgIpc) is 3.38. The molecule has 1 saturated carbocycles. The van der Waals surface area contributed by atoms with E-state index in [1.807, 2.05) is 12.1 Å². The zero-order valence-electron chi connectivity index (χ0n) is 13.9. The minimum absolute atomic E-state index is 0. The van der Waals surface area contributed by atoms with Crippen LogP contribution >= 0.6 is 24.0 Å². The first kappa shape index (κ1) is 20.0. The molecule has 0 radical (unpaired) electrons. The first-order valence-corrected chi connectivity index (χ1v) is 7.83. The third-order valence-electron chi connectivity index (χ3n) is 3.52. The van der Waals surface area contributed by atoms with Gasteiger partial charge in [0.05, 0.1) is 7.11 Å². The van der Waals surface area contributed by atoms with Crippen LogP contribution in [0.15, 0.2) is 23.3 Å². The molecule has 1 heterocycles. The molecule has 0 bridgehead atoms. The Hall–Kier alpha value is -1.09. The van der Waals surface area contributed by atoms with Crippen LogP contribution in [0.4, 0.5) is 0 Å². The SMILES string of the molecule is CN=C(NCCCOCC1CC1)NCc1cccnc1OC.I. The van der Waals surface area contributed by atoms with Gasteiger partial charge in [-0.2, -0.15) is 0 Å². The topological polar surface area (TPSA) is 67.8 Å². The second kappa shape index (κ2) is 11.4. The molecule has 1 fully saturated rings. The number of guanidine groups is 1. The fourth-order valence-electron chi connectivity index (χ4n) is 2.06. The summed E-state index contributed by atoms with van der Waals surface area (Å²) in [7, 11) is 3.39. The maximum absolute atomic E-state index is 5.61. The van der Waals surface area contributed by atoms with Crippen LogP contribution in [0, 0.1) is 5.92 Å². The first-order valence-electron chi connectivity index (χ1n) is 7.83. The van der Waals surface area contributed by atoms with E-state index in [0.29, 0.717) is 12.4 Å². The number of halogens is 1. The zero-order chi connectivity index (χ0) is 15.6. The highest BCUT2D eigenvalue weighted by Crippen LogP contribution is 2.28. The molecule has 0 aromatic carbocycles. The Kier molecular flexibility index (Phi) is 9.93. The maximum Gasteiger partial charge on any atom is 0.218 e. The summed E-state index contributed by atoms with van der Waals surface area (Å²) in [6, 6.07) is 3.88. The van der Waals surface area contributed by atoms with Gasteiger partial charge in [-0.05, 0) is 31.2 Å². The second-order valence-corrected chi connectivity index (χ2v) is 5.40. The van der Waals surface area contributed by atoms with Gasteiger partial charge in [0.2, 0.25) is 5.88 Å². The van der Waals surface area contributed by atoms with Crippen LogP contribution < -0.4 is 15.4 Å². The number of methoxy groups -OCH3 is 1. The number of nitrogens with zero attached hydrogens (tertiary/aromatic N) is 2. The lowest BCUT2D eigenvalue weighted by atomic mass is 10.2. The van der Waals surface area contributed by atoms with Gasteiger partial charge in [0.15, 0.2) is 5.96 Å². The van der Waals surface area contributed by atoms with Crippen LogP contribution in [0.25, 0.3) is 0 Å². The monoisotopic (exact) mass is 434 g/mol. The van der Waals surface area contributed by atoms with Crippen molar-refractivity contribution in [2.45, 2.75) is 25.8 Å². The van der Waals surface area contributed by atoms with Crippen molar-refractivity contribution in [3.05, 3.63) is 23.9 Å². The fraction of sp³-hybridized carbons (Fsp3) is 0.625. The van der Waals surface area contributed by atoms with Gasteiger partial charge in [0.25, 0.3) is 0 Å². The molecule has 1 aliphatic rings. The molecule has 6 nitrogen and oxygen atoms in total. The Labute approximate surface area is 155 Å². The van der Waals surface area contributed by atoms with E-state index in [0.717, 1.165) is 43.6 Å². The molecule has 0 amide bonds. The Balaban J connectivity index is 0.00000264. The molecular formula is C16H27IN4O2. The highest BCUT2D eigenvalue weighted by molar-refractivity contribution is 14.0. The van der Waals surface area contributed by atoms with Crippen molar-refractivity contribution in [3.63, 3.8) is 0 Å². The zero-order valence-corrected chi connectivity index (χ0v) is 16.2. The van der Waals surface area contributed by atoms with Crippen molar-refractivity contribution in [1.82, 2.24) is 15.6 Å². The van der Waals surface area contributed by atoms with Crippen LogP contribution in [-0.4, -0.2) is 44.9 Å². The van der Waals surface area contributed by atoms with E-state index in [2.05, 4.69) is 20.6 Å². The van der Waals surface area contributed by atoms with Crippen LogP contribution in [0.5, 0.6) is 5.88 Å². The predicted molar refractivity (Wildman–Crippen MR) is 103 cm³/mol. The lowest BCUT2D eigenvalue weighted by molar-refractivity contribution is 0.123. The highest BCUT2D eigenvalue weighted by atomic mass is 127. The van der Waals surface area contributed by atoms with Crippen molar-refractivity contribution in [1.29, 1.82) is 0 Å². The standard InChI is InChI=1S/C16H26N4O2.HI/c1-17-16(19-9-4-10-22-12-13-6-7-13)20-11-14-5-3-8-18-15(14)21-2;/h3,5,8,13H,4,6-7,9-12H2,1-2H3,(H2,17,19,20);1H. The molecular weight excluding hydrogens is 407 g/mol. The largest absolute Gasteiger partial charge is 0.481 e. The van der Waals surface area contributed by atoms with E-state index in [1.54, 1.807) is 20.4 Å². The number of aliphatic imine (C=N–C) groups is 1. The van der Waals surface area contributed by atoms with Gasteiger partial charge in [-0.15, -0.1) is 24.0 Å². The summed E-state index contributed by atoms with van der Waals surface area (Å²) in [5, 5.41) is 6.54. The normalized spacial score (nSPS) is 14.1. The summed E-state index contributed by atoms with van der Waals surface area (Å²) >= 11 is 0. The van der Waals surface area contributed by atoms with Crippen molar-refractivity contribution >= 4 is 29.9 Å². The maximum atomic E-state index is 5.61. The third-order valence-corrected chi connectivity index (χ3v) is 3.52.